The van der Waals surface area contributed by atoms with Gasteiger partial charge in [-0.15, -0.1) is 6.42 Å². The molecule has 1 aromatic rings. The van der Waals surface area contributed by atoms with E-state index in [1.807, 2.05) is 13.8 Å². The number of benzene rings is 1. The summed E-state index contributed by atoms with van der Waals surface area (Å²) < 4.78 is 0. The molecule has 0 spiro atoms. The van der Waals surface area contributed by atoms with Crippen molar-refractivity contribution < 1.29 is 0 Å². The maximum atomic E-state index is 5.47. The van der Waals surface area contributed by atoms with Gasteiger partial charge in [-0.2, -0.15) is 0 Å². The van der Waals surface area contributed by atoms with E-state index in [0.29, 0.717) is 5.92 Å². The SMILES string of the molecule is C#Cc1ccc(C(CCC)CCC2CN(C(=C)CCC(C)C)C2)cc1.CC.CC(C)C. The summed E-state index contributed by atoms with van der Waals surface area (Å²) in [4.78, 5) is 2.49. The van der Waals surface area contributed by atoms with Crippen molar-refractivity contribution in [1.82, 2.24) is 4.90 Å². The van der Waals surface area contributed by atoms with Crippen molar-refractivity contribution in [2.45, 2.75) is 99.8 Å². The maximum absolute atomic E-state index is 5.47. The van der Waals surface area contributed by atoms with Gasteiger partial charge in [-0.3, -0.25) is 0 Å². The van der Waals surface area contributed by atoms with Crippen LogP contribution in [0, 0.1) is 30.1 Å². The first-order chi connectivity index (χ1) is 14.8. The van der Waals surface area contributed by atoms with Crippen LogP contribution >= 0.6 is 0 Å². The van der Waals surface area contributed by atoms with Gasteiger partial charge in [-0.05, 0) is 73.5 Å². The Hall–Kier alpha value is -1.68. The topological polar surface area (TPSA) is 3.24 Å². The van der Waals surface area contributed by atoms with E-state index in [2.05, 4.69) is 83.2 Å². The zero-order chi connectivity index (χ0) is 23.8. The summed E-state index contributed by atoms with van der Waals surface area (Å²) in [5.74, 6) is 5.84. The van der Waals surface area contributed by atoms with Crippen molar-refractivity contribution in [3.8, 4) is 12.3 Å². The van der Waals surface area contributed by atoms with Gasteiger partial charge >= 0.3 is 0 Å². The van der Waals surface area contributed by atoms with Crippen LogP contribution in [0.2, 0.25) is 0 Å². The lowest BCUT2D eigenvalue weighted by atomic mass is 9.84. The molecule has 1 aromatic carbocycles. The van der Waals surface area contributed by atoms with Crippen LogP contribution in [-0.2, 0) is 0 Å². The van der Waals surface area contributed by atoms with Gasteiger partial charge in [0.2, 0.25) is 0 Å². The highest BCUT2D eigenvalue weighted by Gasteiger charge is 2.27. The molecule has 2 rings (SSSR count). The van der Waals surface area contributed by atoms with Crippen LogP contribution in [0.4, 0.5) is 0 Å². The van der Waals surface area contributed by atoms with E-state index in [1.54, 1.807) is 0 Å². The van der Waals surface area contributed by atoms with Gasteiger partial charge in [-0.25, -0.2) is 0 Å². The molecule has 1 aliphatic heterocycles. The second-order valence-corrected chi connectivity index (χ2v) is 9.83. The Kier molecular flexibility index (Phi) is 16.0. The summed E-state index contributed by atoms with van der Waals surface area (Å²) in [5.41, 5.74) is 3.78. The Morgan fingerprint density at radius 2 is 1.58 bits per heavy atom. The minimum atomic E-state index is 0.676. The predicted octanol–water partition coefficient (Wildman–Crippen LogP) is 8.90. The van der Waals surface area contributed by atoms with Gasteiger partial charge in [0, 0.05) is 24.4 Å². The number of rotatable bonds is 10. The third kappa shape index (κ3) is 12.7. The van der Waals surface area contributed by atoms with Crippen molar-refractivity contribution in [3.05, 3.63) is 47.7 Å². The smallest absolute Gasteiger partial charge is 0.0242 e. The van der Waals surface area contributed by atoms with Crippen LogP contribution in [0.5, 0.6) is 0 Å². The van der Waals surface area contributed by atoms with Gasteiger partial charge in [0.05, 0.1) is 0 Å². The largest absolute Gasteiger partial charge is 0.375 e. The van der Waals surface area contributed by atoms with Crippen LogP contribution in [0.25, 0.3) is 0 Å². The first-order valence-corrected chi connectivity index (χ1v) is 12.8. The van der Waals surface area contributed by atoms with Gasteiger partial charge in [-0.1, -0.05) is 86.4 Å². The number of hydrogen-bond donors (Lipinski definition) is 0. The van der Waals surface area contributed by atoms with Crippen molar-refractivity contribution in [1.29, 1.82) is 0 Å². The number of nitrogens with zero attached hydrogens (tertiary/aromatic N) is 1. The highest BCUT2D eigenvalue weighted by Crippen LogP contribution is 2.32. The summed E-state index contributed by atoms with van der Waals surface area (Å²) in [6, 6.07) is 8.64. The van der Waals surface area contributed by atoms with E-state index in [0.717, 1.165) is 29.7 Å². The molecule has 1 unspecified atom stereocenters. The second kappa shape index (κ2) is 16.9. The third-order valence-corrected chi connectivity index (χ3v) is 5.52. The Bertz CT molecular complexity index is 608. The molecule has 0 N–H and O–H groups in total. The highest BCUT2D eigenvalue weighted by atomic mass is 15.2. The molecule has 0 aliphatic carbocycles. The van der Waals surface area contributed by atoms with Crippen molar-refractivity contribution in [2.24, 2.45) is 17.8 Å². The first-order valence-electron chi connectivity index (χ1n) is 12.8. The van der Waals surface area contributed by atoms with E-state index in [9.17, 15) is 0 Å². The summed E-state index contributed by atoms with van der Waals surface area (Å²) in [6.45, 7) is 24.1. The fourth-order valence-corrected chi connectivity index (χ4v) is 3.74. The summed E-state index contributed by atoms with van der Waals surface area (Å²) in [5, 5.41) is 0. The zero-order valence-electron chi connectivity index (χ0n) is 22.0. The van der Waals surface area contributed by atoms with Crippen molar-refractivity contribution >= 4 is 0 Å². The predicted molar refractivity (Wildman–Crippen MR) is 141 cm³/mol. The van der Waals surface area contributed by atoms with Crippen LogP contribution in [0.1, 0.15) is 111 Å². The second-order valence-electron chi connectivity index (χ2n) is 9.83. The molecule has 1 heteroatoms. The summed E-state index contributed by atoms with van der Waals surface area (Å²) >= 11 is 0. The summed E-state index contributed by atoms with van der Waals surface area (Å²) in [7, 11) is 0. The molecule has 1 heterocycles. The Morgan fingerprint density at radius 1 is 1.03 bits per heavy atom. The average molecular weight is 426 g/mol. The molecule has 0 bridgehead atoms. The van der Waals surface area contributed by atoms with Gasteiger partial charge < -0.3 is 4.90 Å². The number of likely N-dealkylation sites (tertiary alicyclic amines) is 1. The quantitative estimate of drug-likeness (QED) is 0.338. The van der Waals surface area contributed by atoms with Gasteiger partial charge in [0.15, 0.2) is 0 Å². The molecule has 0 amide bonds. The van der Waals surface area contributed by atoms with Gasteiger partial charge in [0.1, 0.15) is 0 Å². The molecular formula is C30H51N. The molecule has 176 valence electrons. The van der Waals surface area contributed by atoms with Crippen LogP contribution in [-0.4, -0.2) is 18.0 Å². The molecule has 1 atom stereocenters. The fraction of sp³-hybridized carbons (Fsp3) is 0.667. The molecule has 1 saturated heterocycles. The first kappa shape index (κ1) is 29.3. The van der Waals surface area contributed by atoms with Gasteiger partial charge in [0.25, 0.3) is 0 Å². The molecule has 0 saturated carbocycles. The monoisotopic (exact) mass is 425 g/mol. The molecule has 1 aliphatic rings. The lowest BCUT2D eigenvalue weighted by Gasteiger charge is -2.43. The highest BCUT2D eigenvalue weighted by molar-refractivity contribution is 5.35. The Labute approximate surface area is 195 Å². The molecule has 31 heavy (non-hydrogen) atoms. The van der Waals surface area contributed by atoms with Crippen molar-refractivity contribution in [3.63, 3.8) is 0 Å². The normalized spacial score (nSPS) is 14.0. The van der Waals surface area contributed by atoms with Crippen LogP contribution in [0.3, 0.4) is 0 Å². The van der Waals surface area contributed by atoms with E-state index in [-0.39, 0.29) is 0 Å². The minimum absolute atomic E-state index is 0.676. The zero-order valence-corrected chi connectivity index (χ0v) is 22.0. The van der Waals surface area contributed by atoms with E-state index in [1.165, 1.54) is 56.5 Å². The molecular weight excluding hydrogens is 374 g/mol. The molecule has 1 nitrogen and oxygen atoms in total. The van der Waals surface area contributed by atoms with E-state index < -0.39 is 0 Å². The number of allylic oxidation sites excluding steroid dienone is 1. The maximum Gasteiger partial charge on any atom is 0.0242 e. The molecule has 1 fully saturated rings. The number of hydrogen-bond acceptors (Lipinski definition) is 1. The van der Waals surface area contributed by atoms with Crippen LogP contribution < -0.4 is 0 Å². The Balaban J connectivity index is 0.00000134. The average Bonchev–Trinajstić information content (AvgIpc) is 2.71. The van der Waals surface area contributed by atoms with E-state index in [4.69, 9.17) is 6.42 Å². The Morgan fingerprint density at radius 3 is 2.03 bits per heavy atom. The third-order valence-electron chi connectivity index (χ3n) is 5.52. The standard InChI is InChI=1S/C24H35N.C4H10.C2H6/c1-6-8-23(24-14-11-21(7-2)12-15-24)16-13-22-17-25(18-22)20(5)10-9-19(3)4;1-4(2)3;1-2/h2,11-12,14-15,19,22-23H,5-6,8-10,13,16-18H2,1,3-4H3;4H,1-3H3;1-2H3. The van der Waals surface area contributed by atoms with Crippen molar-refractivity contribution in [2.75, 3.05) is 13.1 Å². The fourth-order valence-electron chi connectivity index (χ4n) is 3.74. The number of terminal acetylenes is 1. The van der Waals surface area contributed by atoms with E-state index >= 15 is 0 Å². The summed E-state index contributed by atoms with van der Waals surface area (Å²) in [6.07, 6.45) is 13.0. The lowest BCUT2D eigenvalue weighted by molar-refractivity contribution is 0.125. The molecule has 0 aromatic heterocycles. The van der Waals surface area contributed by atoms with Crippen LogP contribution in [0.15, 0.2) is 36.5 Å². The molecule has 0 radical (unpaired) electrons. The lowest BCUT2D eigenvalue weighted by Crippen LogP contribution is -2.45. The minimum Gasteiger partial charge on any atom is -0.375 e.